The maximum Gasteiger partial charge on any atom is 0.451 e. The predicted octanol–water partition coefficient (Wildman–Crippen LogP) is 3.36. The summed E-state index contributed by atoms with van der Waals surface area (Å²) in [6.07, 6.45) is -3.26. The lowest BCUT2D eigenvalue weighted by Gasteiger charge is -2.29. The zero-order valence-corrected chi connectivity index (χ0v) is 12.0. The Labute approximate surface area is 120 Å². The summed E-state index contributed by atoms with van der Waals surface area (Å²) in [5.74, 6) is -1.29. The van der Waals surface area contributed by atoms with Gasteiger partial charge in [-0.25, -0.2) is 9.97 Å². The molecule has 0 atom stereocenters. The van der Waals surface area contributed by atoms with Crippen LogP contribution in [0.25, 0.3) is 0 Å². The van der Waals surface area contributed by atoms with E-state index < -0.39 is 17.4 Å². The van der Waals surface area contributed by atoms with E-state index in [0.717, 1.165) is 0 Å². The van der Waals surface area contributed by atoms with E-state index in [9.17, 15) is 18.3 Å². The molecule has 1 heterocycles. The SMILES string of the molecule is CCC(CC)(CO)CNc1cc(Cl)nc(C(F)(F)F)n1. The van der Waals surface area contributed by atoms with Crippen molar-refractivity contribution in [2.45, 2.75) is 32.9 Å². The smallest absolute Gasteiger partial charge is 0.396 e. The molecular formula is C12H17ClF3N3O. The molecule has 1 aromatic rings. The Morgan fingerprint density at radius 3 is 2.30 bits per heavy atom. The van der Waals surface area contributed by atoms with E-state index in [4.69, 9.17) is 11.6 Å². The zero-order chi connectivity index (χ0) is 15.4. The van der Waals surface area contributed by atoms with Crippen molar-refractivity contribution in [2.75, 3.05) is 18.5 Å². The van der Waals surface area contributed by atoms with Crippen LogP contribution in [0.4, 0.5) is 19.0 Å². The van der Waals surface area contributed by atoms with Crippen LogP contribution in [-0.2, 0) is 6.18 Å². The van der Waals surface area contributed by atoms with Crippen LogP contribution in [0, 0.1) is 5.41 Å². The van der Waals surface area contributed by atoms with Crippen molar-refractivity contribution in [3.63, 3.8) is 0 Å². The summed E-state index contributed by atoms with van der Waals surface area (Å²) < 4.78 is 37.7. The standard InChI is InChI=1S/C12H17ClF3N3O/c1-3-11(4-2,7-20)6-17-9-5-8(13)18-10(19-9)12(14,15)16/h5,20H,3-4,6-7H2,1-2H3,(H,17,18,19). The van der Waals surface area contributed by atoms with Crippen molar-refractivity contribution >= 4 is 17.4 Å². The molecule has 4 nitrogen and oxygen atoms in total. The fourth-order valence-electron chi connectivity index (χ4n) is 1.69. The van der Waals surface area contributed by atoms with E-state index >= 15 is 0 Å². The molecule has 1 rings (SSSR count). The molecule has 2 N–H and O–H groups in total. The highest BCUT2D eigenvalue weighted by molar-refractivity contribution is 6.29. The van der Waals surface area contributed by atoms with Gasteiger partial charge in [0.1, 0.15) is 11.0 Å². The van der Waals surface area contributed by atoms with Crippen molar-refractivity contribution in [1.29, 1.82) is 0 Å². The first-order valence-corrected chi connectivity index (χ1v) is 6.60. The molecule has 0 bridgehead atoms. The Morgan fingerprint density at radius 2 is 1.85 bits per heavy atom. The second-order valence-electron chi connectivity index (χ2n) is 4.62. The first-order valence-electron chi connectivity index (χ1n) is 6.23. The van der Waals surface area contributed by atoms with Crippen LogP contribution in [0.15, 0.2) is 6.07 Å². The number of aromatic nitrogens is 2. The van der Waals surface area contributed by atoms with Crippen LogP contribution < -0.4 is 5.32 Å². The Kier molecular flexibility index (Phi) is 5.59. The summed E-state index contributed by atoms with van der Waals surface area (Å²) in [5, 5.41) is 11.9. The van der Waals surface area contributed by atoms with Crippen molar-refractivity contribution in [1.82, 2.24) is 9.97 Å². The predicted molar refractivity (Wildman–Crippen MR) is 70.6 cm³/mol. The molecule has 0 saturated carbocycles. The Balaban J connectivity index is 2.91. The molecule has 1 aromatic heterocycles. The number of nitrogens with zero attached hydrogens (tertiary/aromatic N) is 2. The van der Waals surface area contributed by atoms with Crippen molar-refractivity contribution in [3.05, 3.63) is 17.0 Å². The molecule has 0 unspecified atom stereocenters. The number of halogens is 4. The lowest BCUT2D eigenvalue weighted by Crippen LogP contribution is -2.32. The number of hydrogen-bond acceptors (Lipinski definition) is 4. The van der Waals surface area contributed by atoms with Gasteiger partial charge >= 0.3 is 6.18 Å². The van der Waals surface area contributed by atoms with E-state index in [1.165, 1.54) is 6.07 Å². The monoisotopic (exact) mass is 311 g/mol. The van der Waals surface area contributed by atoms with E-state index in [1.807, 2.05) is 13.8 Å². The minimum Gasteiger partial charge on any atom is -0.396 e. The quantitative estimate of drug-likeness (QED) is 0.791. The molecule has 0 fully saturated rings. The molecule has 0 aliphatic rings. The normalized spacial score (nSPS) is 12.6. The molecule has 20 heavy (non-hydrogen) atoms. The first kappa shape index (κ1) is 17.0. The minimum absolute atomic E-state index is 0.00273. The van der Waals surface area contributed by atoms with Gasteiger partial charge < -0.3 is 10.4 Å². The third-order valence-electron chi connectivity index (χ3n) is 3.43. The number of anilines is 1. The van der Waals surface area contributed by atoms with Crippen LogP contribution in [0.5, 0.6) is 0 Å². The summed E-state index contributed by atoms with van der Waals surface area (Å²) in [4.78, 5) is 6.55. The third-order valence-corrected chi connectivity index (χ3v) is 3.62. The minimum atomic E-state index is -4.65. The number of alkyl halides is 3. The Bertz CT molecular complexity index is 442. The fraction of sp³-hybridized carbons (Fsp3) is 0.667. The van der Waals surface area contributed by atoms with Gasteiger partial charge in [0, 0.05) is 18.0 Å². The summed E-state index contributed by atoms with van der Waals surface area (Å²) in [6, 6.07) is 1.23. The Morgan fingerprint density at radius 1 is 1.25 bits per heavy atom. The number of aliphatic hydroxyl groups is 1. The maximum atomic E-state index is 12.6. The fourth-order valence-corrected chi connectivity index (χ4v) is 1.88. The first-order chi connectivity index (χ1) is 9.26. The molecule has 0 aliphatic carbocycles. The average Bonchev–Trinajstić information content (AvgIpc) is 2.39. The van der Waals surface area contributed by atoms with Crippen LogP contribution >= 0.6 is 11.6 Å². The van der Waals surface area contributed by atoms with Crippen LogP contribution in [0.2, 0.25) is 5.15 Å². The van der Waals surface area contributed by atoms with E-state index in [1.54, 1.807) is 0 Å². The lowest BCUT2D eigenvalue weighted by atomic mass is 9.83. The number of rotatable bonds is 6. The van der Waals surface area contributed by atoms with Crippen molar-refractivity contribution < 1.29 is 18.3 Å². The summed E-state index contributed by atoms with van der Waals surface area (Å²) in [7, 11) is 0. The van der Waals surface area contributed by atoms with E-state index in [0.29, 0.717) is 19.4 Å². The number of aliphatic hydroxyl groups excluding tert-OH is 1. The molecule has 114 valence electrons. The van der Waals surface area contributed by atoms with Gasteiger partial charge in [-0.1, -0.05) is 25.4 Å². The molecule has 0 saturated heterocycles. The lowest BCUT2D eigenvalue weighted by molar-refractivity contribution is -0.144. The zero-order valence-electron chi connectivity index (χ0n) is 11.3. The molecule has 0 amide bonds. The molecule has 0 spiro atoms. The molecular weight excluding hydrogens is 295 g/mol. The highest BCUT2D eigenvalue weighted by Crippen LogP contribution is 2.29. The maximum absolute atomic E-state index is 12.6. The third kappa shape index (κ3) is 4.21. The van der Waals surface area contributed by atoms with Crippen LogP contribution in [0.1, 0.15) is 32.5 Å². The van der Waals surface area contributed by atoms with Crippen LogP contribution in [0.3, 0.4) is 0 Å². The molecule has 0 aromatic carbocycles. The van der Waals surface area contributed by atoms with Crippen LogP contribution in [-0.4, -0.2) is 28.2 Å². The molecule has 8 heteroatoms. The van der Waals surface area contributed by atoms with Gasteiger partial charge in [0.15, 0.2) is 0 Å². The van der Waals surface area contributed by atoms with Gasteiger partial charge in [-0.05, 0) is 12.8 Å². The highest BCUT2D eigenvalue weighted by Gasteiger charge is 2.35. The van der Waals surface area contributed by atoms with E-state index in [2.05, 4.69) is 15.3 Å². The van der Waals surface area contributed by atoms with Gasteiger partial charge in [-0.3, -0.25) is 0 Å². The molecule has 0 aliphatic heterocycles. The summed E-state index contributed by atoms with van der Waals surface area (Å²) in [5.41, 5.74) is -0.393. The summed E-state index contributed by atoms with van der Waals surface area (Å²) >= 11 is 5.57. The van der Waals surface area contributed by atoms with Gasteiger partial charge in [0.05, 0.1) is 6.61 Å². The number of hydrogen-bond donors (Lipinski definition) is 2. The van der Waals surface area contributed by atoms with Gasteiger partial charge in [-0.2, -0.15) is 13.2 Å². The van der Waals surface area contributed by atoms with Gasteiger partial charge in [0.2, 0.25) is 5.82 Å². The number of nitrogens with one attached hydrogen (secondary N) is 1. The van der Waals surface area contributed by atoms with Crippen molar-refractivity contribution in [2.24, 2.45) is 5.41 Å². The molecule has 0 radical (unpaired) electrons. The second kappa shape index (κ2) is 6.58. The Hall–Kier alpha value is -1.08. The van der Waals surface area contributed by atoms with Crippen molar-refractivity contribution in [3.8, 4) is 0 Å². The largest absolute Gasteiger partial charge is 0.451 e. The van der Waals surface area contributed by atoms with E-state index in [-0.39, 0.29) is 17.6 Å². The second-order valence-corrected chi connectivity index (χ2v) is 5.00. The summed E-state index contributed by atoms with van der Waals surface area (Å²) in [6.45, 7) is 4.07. The average molecular weight is 312 g/mol. The topological polar surface area (TPSA) is 58.0 Å². The van der Waals surface area contributed by atoms with Gasteiger partial charge in [-0.15, -0.1) is 0 Å². The van der Waals surface area contributed by atoms with Gasteiger partial charge in [0.25, 0.3) is 0 Å². The highest BCUT2D eigenvalue weighted by atomic mass is 35.5.